The third-order valence-corrected chi connectivity index (χ3v) is 4.72. The van der Waals surface area contributed by atoms with Crippen molar-refractivity contribution < 1.29 is 9.15 Å². The maximum atomic E-state index is 5.80. The Kier molecular flexibility index (Phi) is 4.08. The van der Waals surface area contributed by atoms with Crippen molar-refractivity contribution in [2.75, 3.05) is 6.61 Å². The Morgan fingerprint density at radius 2 is 2.35 bits per heavy atom. The fourth-order valence-electron chi connectivity index (χ4n) is 2.74. The highest BCUT2D eigenvalue weighted by Crippen LogP contribution is 2.23. The van der Waals surface area contributed by atoms with E-state index in [2.05, 4.69) is 14.9 Å². The van der Waals surface area contributed by atoms with E-state index in [0.717, 1.165) is 47.9 Å². The van der Waals surface area contributed by atoms with E-state index in [9.17, 15) is 0 Å². The minimum atomic E-state index is 0.242. The number of aromatic nitrogens is 2. The average Bonchev–Trinajstić information content (AvgIpc) is 3.32. The summed E-state index contributed by atoms with van der Waals surface area (Å²) in [5, 5.41) is 2.09. The molecule has 1 atom stereocenters. The van der Waals surface area contributed by atoms with Crippen LogP contribution >= 0.6 is 11.3 Å². The number of rotatable bonds is 4. The monoisotopic (exact) mass is 327 g/mol. The summed E-state index contributed by atoms with van der Waals surface area (Å²) in [6.45, 7) is 1.64. The lowest BCUT2D eigenvalue weighted by molar-refractivity contribution is 0.0967. The molecule has 6 heteroatoms. The van der Waals surface area contributed by atoms with Crippen LogP contribution in [0.5, 0.6) is 0 Å². The van der Waals surface area contributed by atoms with E-state index in [0.29, 0.717) is 0 Å². The highest BCUT2D eigenvalue weighted by molar-refractivity contribution is 7.07. The van der Waals surface area contributed by atoms with E-state index < -0.39 is 0 Å². The van der Waals surface area contributed by atoms with Crippen LogP contribution in [0, 0.1) is 0 Å². The molecule has 3 aromatic rings. The Bertz CT molecular complexity index is 815. The molecule has 5 nitrogen and oxygen atoms in total. The second-order valence-electron chi connectivity index (χ2n) is 5.45. The first-order valence-electron chi connectivity index (χ1n) is 7.69. The molecule has 1 fully saturated rings. The Morgan fingerprint density at radius 3 is 3.09 bits per heavy atom. The molecule has 0 bridgehead atoms. The maximum Gasteiger partial charge on any atom is 0.190 e. The molecule has 1 saturated heterocycles. The van der Waals surface area contributed by atoms with Gasteiger partial charge in [0.05, 0.1) is 36.5 Å². The van der Waals surface area contributed by atoms with Crippen molar-refractivity contribution in [2.24, 2.45) is 4.99 Å². The first-order valence-corrected chi connectivity index (χ1v) is 8.57. The van der Waals surface area contributed by atoms with E-state index in [1.54, 1.807) is 30.0 Å². The van der Waals surface area contributed by atoms with Crippen LogP contribution in [0.15, 0.2) is 57.7 Å². The second-order valence-corrected chi connectivity index (χ2v) is 6.29. The fraction of sp³-hybridized carbons (Fsp3) is 0.294. The number of ether oxygens (including phenoxy) is 1. The molecule has 4 heterocycles. The van der Waals surface area contributed by atoms with Crippen LogP contribution in [0.25, 0.3) is 11.5 Å². The van der Waals surface area contributed by atoms with E-state index in [4.69, 9.17) is 14.1 Å². The van der Waals surface area contributed by atoms with Gasteiger partial charge >= 0.3 is 0 Å². The van der Waals surface area contributed by atoms with E-state index in [1.807, 2.05) is 24.3 Å². The van der Waals surface area contributed by atoms with Gasteiger partial charge in [-0.3, -0.25) is 4.98 Å². The zero-order valence-electron chi connectivity index (χ0n) is 12.6. The number of furan rings is 1. The number of hydrogen-bond acceptors (Lipinski definition) is 5. The minimum absolute atomic E-state index is 0.242. The van der Waals surface area contributed by atoms with Gasteiger partial charge in [0.15, 0.2) is 10.6 Å². The second kappa shape index (κ2) is 6.52. The van der Waals surface area contributed by atoms with Gasteiger partial charge in [-0.15, -0.1) is 11.3 Å². The Hall–Kier alpha value is -2.18. The van der Waals surface area contributed by atoms with Crippen molar-refractivity contribution in [3.63, 3.8) is 0 Å². The maximum absolute atomic E-state index is 5.80. The molecule has 0 amide bonds. The average molecular weight is 327 g/mol. The normalized spacial score (nSPS) is 18.6. The summed E-state index contributed by atoms with van der Waals surface area (Å²) in [6, 6.07) is 7.73. The van der Waals surface area contributed by atoms with Gasteiger partial charge in [0.25, 0.3) is 0 Å². The van der Waals surface area contributed by atoms with Gasteiger partial charge in [0, 0.05) is 18.2 Å². The van der Waals surface area contributed by atoms with Crippen LogP contribution < -0.4 is 4.80 Å². The molecule has 1 aliphatic heterocycles. The van der Waals surface area contributed by atoms with Crippen LogP contribution in [0.2, 0.25) is 0 Å². The molecule has 0 saturated carbocycles. The van der Waals surface area contributed by atoms with Crippen molar-refractivity contribution in [1.82, 2.24) is 9.55 Å². The van der Waals surface area contributed by atoms with Crippen LogP contribution in [0.4, 0.5) is 5.69 Å². The van der Waals surface area contributed by atoms with Crippen molar-refractivity contribution in [2.45, 2.75) is 25.5 Å². The molecule has 1 unspecified atom stereocenters. The van der Waals surface area contributed by atoms with Gasteiger partial charge < -0.3 is 13.7 Å². The summed E-state index contributed by atoms with van der Waals surface area (Å²) in [4.78, 5) is 9.79. The molecule has 4 rings (SSSR count). The zero-order chi connectivity index (χ0) is 15.5. The largest absolute Gasteiger partial charge is 0.463 e. The van der Waals surface area contributed by atoms with Crippen LogP contribution in [0.1, 0.15) is 12.8 Å². The predicted octanol–water partition coefficient (Wildman–Crippen LogP) is 3.62. The lowest BCUT2D eigenvalue weighted by Gasteiger charge is -2.12. The first kappa shape index (κ1) is 14.4. The first-order chi connectivity index (χ1) is 11.4. The highest BCUT2D eigenvalue weighted by Gasteiger charge is 2.19. The molecule has 1 aliphatic rings. The summed E-state index contributed by atoms with van der Waals surface area (Å²) >= 11 is 1.61. The van der Waals surface area contributed by atoms with Gasteiger partial charge in [-0.25, -0.2) is 4.99 Å². The lowest BCUT2D eigenvalue weighted by Crippen LogP contribution is -2.23. The molecule has 0 aromatic carbocycles. The summed E-state index contributed by atoms with van der Waals surface area (Å²) in [5.41, 5.74) is 1.89. The smallest absolute Gasteiger partial charge is 0.190 e. The number of nitrogens with zero attached hydrogens (tertiary/aromatic N) is 3. The van der Waals surface area contributed by atoms with E-state index >= 15 is 0 Å². The summed E-state index contributed by atoms with van der Waals surface area (Å²) in [6.07, 6.45) is 7.67. The molecule has 0 N–H and O–H groups in total. The predicted molar refractivity (Wildman–Crippen MR) is 88.4 cm³/mol. The molecular formula is C17H17N3O2S. The van der Waals surface area contributed by atoms with Crippen molar-refractivity contribution in [3.05, 3.63) is 53.1 Å². The summed E-state index contributed by atoms with van der Waals surface area (Å²) in [7, 11) is 0. The molecule has 0 aliphatic carbocycles. The van der Waals surface area contributed by atoms with E-state index in [1.165, 1.54) is 0 Å². The van der Waals surface area contributed by atoms with Crippen LogP contribution in [-0.4, -0.2) is 22.3 Å². The van der Waals surface area contributed by atoms with Gasteiger partial charge in [-0.2, -0.15) is 0 Å². The zero-order valence-corrected chi connectivity index (χ0v) is 13.4. The number of pyridine rings is 1. The molecule has 0 spiro atoms. The topological polar surface area (TPSA) is 52.5 Å². The summed E-state index contributed by atoms with van der Waals surface area (Å²) in [5.74, 6) is 0.854. The Labute approximate surface area is 137 Å². The van der Waals surface area contributed by atoms with Gasteiger partial charge in [0.1, 0.15) is 0 Å². The molecular weight excluding hydrogens is 310 g/mol. The Balaban J connectivity index is 1.77. The Morgan fingerprint density at radius 1 is 1.35 bits per heavy atom. The molecule has 118 valence electrons. The fourth-order valence-corrected chi connectivity index (χ4v) is 3.66. The van der Waals surface area contributed by atoms with Gasteiger partial charge in [-0.05, 0) is 37.1 Å². The lowest BCUT2D eigenvalue weighted by atomic mass is 10.2. The van der Waals surface area contributed by atoms with Crippen LogP contribution in [0.3, 0.4) is 0 Å². The van der Waals surface area contributed by atoms with Gasteiger partial charge in [0.2, 0.25) is 0 Å². The van der Waals surface area contributed by atoms with E-state index in [-0.39, 0.29) is 6.10 Å². The SMILES string of the molecule is c1cncc(N=c2scc(-c3ccco3)n2CC2CCCO2)c1. The third kappa shape index (κ3) is 3.13. The van der Waals surface area contributed by atoms with Crippen molar-refractivity contribution in [1.29, 1.82) is 0 Å². The van der Waals surface area contributed by atoms with Crippen LogP contribution in [-0.2, 0) is 11.3 Å². The molecule has 23 heavy (non-hydrogen) atoms. The minimum Gasteiger partial charge on any atom is -0.463 e. The molecule has 0 radical (unpaired) electrons. The third-order valence-electron chi connectivity index (χ3n) is 3.85. The highest BCUT2D eigenvalue weighted by atomic mass is 32.1. The molecule has 3 aromatic heterocycles. The summed E-state index contributed by atoms with van der Waals surface area (Å²) < 4.78 is 13.6. The number of thiazole rings is 1. The number of hydrogen-bond donors (Lipinski definition) is 0. The quantitative estimate of drug-likeness (QED) is 0.735. The van der Waals surface area contributed by atoms with Gasteiger partial charge in [-0.1, -0.05) is 0 Å². The standard InChI is InChI=1S/C17H17N3O2S/c1-4-13(10-18-7-1)19-17-20(11-14-5-2-8-21-14)15(12-23-17)16-6-3-9-22-16/h1,3-4,6-7,9-10,12,14H,2,5,8,11H2. The van der Waals surface area contributed by atoms with Crippen molar-refractivity contribution >= 4 is 17.0 Å². The van der Waals surface area contributed by atoms with Crippen molar-refractivity contribution in [3.8, 4) is 11.5 Å².